The molecule has 1 fully saturated rings. The average Bonchev–Trinajstić information content (AvgIpc) is 2.61. The largest absolute Gasteiger partial charge is 0.465 e. The Kier molecular flexibility index (Phi) is 7.73. The molecule has 1 aliphatic heterocycles. The van der Waals surface area contributed by atoms with Crippen molar-refractivity contribution in [3.05, 3.63) is 34.3 Å². The number of ether oxygens (including phenoxy) is 1. The minimum Gasteiger partial charge on any atom is -0.465 e. The monoisotopic (exact) mass is 455 g/mol. The molecule has 2 rings (SSSR count). The van der Waals surface area contributed by atoms with Crippen LogP contribution in [0.15, 0.2) is 28.7 Å². The molecular formula is C18H22BrN3O4S. The van der Waals surface area contributed by atoms with E-state index in [2.05, 4.69) is 26.6 Å². The topological polar surface area (TPSA) is 87.7 Å². The number of amides is 2. The molecule has 1 atom stereocenters. The number of carbonyl (C=O) groups is 3. The maximum atomic E-state index is 12.5. The van der Waals surface area contributed by atoms with Crippen LogP contribution in [0, 0.1) is 5.92 Å². The standard InChI is InChI=1S/C18H22BrN3O4S/c1-11(2)10-26-15(23)9-14-17(25)20-7-8-22(14)18(27)21-16(24)12-5-3-4-6-13(12)19/h3-6,11,14H,7-10H2,1-2H3,(H,20,25)(H,21,24,27). The summed E-state index contributed by atoms with van der Waals surface area (Å²) >= 11 is 8.65. The van der Waals surface area contributed by atoms with Crippen molar-refractivity contribution >= 4 is 51.0 Å². The Morgan fingerprint density at radius 1 is 1.41 bits per heavy atom. The number of nitrogens with zero attached hydrogens (tertiary/aromatic N) is 1. The van der Waals surface area contributed by atoms with Gasteiger partial charge >= 0.3 is 5.97 Å². The van der Waals surface area contributed by atoms with E-state index in [-0.39, 0.29) is 35.9 Å². The van der Waals surface area contributed by atoms with Gasteiger partial charge in [0, 0.05) is 17.6 Å². The third kappa shape index (κ3) is 6.00. The summed E-state index contributed by atoms with van der Waals surface area (Å²) in [5.74, 6) is -0.981. The molecule has 9 heteroatoms. The first-order chi connectivity index (χ1) is 12.8. The number of esters is 1. The Morgan fingerprint density at radius 3 is 2.78 bits per heavy atom. The van der Waals surface area contributed by atoms with Crippen LogP contribution in [0.25, 0.3) is 0 Å². The van der Waals surface area contributed by atoms with E-state index in [1.54, 1.807) is 29.2 Å². The van der Waals surface area contributed by atoms with Crippen LogP contribution in [0.4, 0.5) is 0 Å². The average molecular weight is 456 g/mol. The molecule has 0 saturated carbocycles. The second kappa shape index (κ2) is 9.80. The summed E-state index contributed by atoms with van der Waals surface area (Å²) in [6, 6.07) is 6.13. The number of piperazine rings is 1. The van der Waals surface area contributed by atoms with Gasteiger partial charge in [-0.3, -0.25) is 19.7 Å². The van der Waals surface area contributed by atoms with E-state index >= 15 is 0 Å². The molecule has 0 spiro atoms. The molecule has 1 saturated heterocycles. The van der Waals surface area contributed by atoms with Crippen LogP contribution in [-0.4, -0.2) is 53.5 Å². The third-order valence-corrected chi connectivity index (χ3v) is 4.90. The summed E-state index contributed by atoms with van der Waals surface area (Å²) in [4.78, 5) is 38.3. The number of rotatable bonds is 5. The first-order valence-corrected chi connectivity index (χ1v) is 9.79. The first kappa shape index (κ1) is 21.3. The smallest absolute Gasteiger partial charge is 0.308 e. The van der Waals surface area contributed by atoms with Gasteiger partial charge in [0.05, 0.1) is 18.6 Å². The lowest BCUT2D eigenvalue weighted by atomic mass is 10.1. The number of hydrogen-bond acceptors (Lipinski definition) is 5. The zero-order valence-electron chi connectivity index (χ0n) is 15.2. The molecule has 7 nitrogen and oxygen atoms in total. The number of carbonyl (C=O) groups excluding carboxylic acids is 3. The summed E-state index contributed by atoms with van der Waals surface area (Å²) in [5, 5.41) is 5.45. The van der Waals surface area contributed by atoms with E-state index in [1.165, 1.54) is 0 Å². The number of nitrogens with one attached hydrogen (secondary N) is 2. The van der Waals surface area contributed by atoms with Gasteiger partial charge in [0.1, 0.15) is 6.04 Å². The molecule has 0 aliphatic carbocycles. The van der Waals surface area contributed by atoms with Gasteiger partial charge in [-0.1, -0.05) is 26.0 Å². The number of halogens is 1. The quantitative estimate of drug-likeness (QED) is 0.520. The van der Waals surface area contributed by atoms with Crippen LogP contribution in [0.5, 0.6) is 0 Å². The zero-order chi connectivity index (χ0) is 20.0. The normalized spacial score (nSPS) is 16.7. The van der Waals surface area contributed by atoms with Crippen molar-refractivity contribution in [3.63, 3.8) is 0 Å². The van der Waals surface area contributed by atoms with Crippen molar-refractivity contribution in [2.24, 2.45) is 5.92 Å². The molecule has 27 heavy (non-hydrogen) atoms. The molecule has 146 valence electrons. The van der Waals surface area contributed by atoms with Crippen molar-refractivity contribution < 1.29 is 19.1 Å². The lowest BCUT2D eigenvalue weighted by molar-refractivity contribution is -0.148. The molecule has 1 aromatic rings. The second-order valence-electron chi connectivity index (χ2n) is 6.52. The van der Waals surface area contributed by atoms with Crippen molar-refractivity contribution in [2.45, 2.75) is 26.3 Å². The van der Waals surface area contributed by atoms with Crippen LogP contribution in [0.2, 0.25) is 0 Å². The number of benzene rings is 1. The highest BCUT2D eigenvalue weighted by molar-refractivity contribution is 9.10. The number of hydrogen-bond donors (Lipinski definition) is 2. The zero-order valence-corrected chi connectivity index (χ0v) is 17.6. The first-order valence-electron chi connectivity index (χ1n) is 8.59. The van der Waals surface area contributed by atoms with Crippen molar-refractivity contribution in [2.75, 3.05) is 19.7 Å². The van der Waals surface area contributed by atoms with Crippen LogP contribution in [-0.2, 0) is 14.3 Å². The van der Waals surface area contributed by atoms with Crippen LogP contribution < -0.4 is 10.6 Å². The Bertz CT molecular complexity index is 741. The molecule has 0 bridgehead atoms. The van der Waals surface area contributed by atoms with Gasteiger partial charge in [0.25, 0.3) is 5.91 Å². The van der Waals surface area contributed by atoms with Gasteiger partial charge in [0.2, 0.25) is 5.91 Å². The van der Waals surface area contributed by atoms with Gasteiger partial charge in [-0.05, 0) is 46.2 Å². The van der Waals surface area contributed by atoms with E-state index in [9.17, 15) is 14.4 Å². The van der Waals surface area contributed by atoms with E-state index in [0.29, 0.717) is 23.1 Å². The predicted octanol–water partition coefficient (Wildman–Crippen LogP) is 1.85. The molecule has 2 N–H and O–H groups in total. The SMILES string of the molecule is CC(C)COC(=O)CC1C(=O)NCCN1C(=S)NC(=O)c1ccccc1Br. The Balaban J connectivity index is 2.05. The van der Waals surface area contributed by atoms with Gasteiger partial charge in [-0.25, -0.2) is 0 Å². The molecule has 1 aromatic carbocycles. The minimum absolute atomic E-state index is 0.104. The van der Waals surface area contributed by atoms with E-state index in [4.69, 9.17) is 17.0 Å². The van der Waals surface area contributed by atoms with E-state index < -0.39 is 12.0 Å². The van der Waals surface area contributed by atoms with Gasteiger partial charge in [0.15, 0.2) is 5.11 Å². The van der Waals surface area contributed by atoms with Crippen molar-refractivity contribution in [3.8, 4) is 0 Å². The molecule has 1 aliphatic rings. The van der Waals surface area contributed by atoms with Crippen LogP contribution in [0.1, 0.15) is 30.6 Å². The van der Waals surface area contributed by atoms with E-state index in [0.717, 1.165) is 0 Å². The molecule has 0 aromatic heterocycles. The summed E-state index contributed by atoms with van der Waals surface area (Å²) < 4.78 is 5.80. The van der Waals surface area contributed by atoms with Gasteiger partial charge in [-0.2, -0.15) is 0 Å². The third-order valence-electron chi connectivity index (χ3n) is 3.87. The Hall–Kier alpha value is -2.00. The highest BCUT2D eigenvalue weighted by Gasteiger charge is 2.34. The maximum absolute atomic E-state index is 12.5. The van der Waals surface area contributed by atoms with Gasteiger partial charge in [-0.15, -0.1) is 0 Å². The lowest BCUT2D eigenvalue weighted by Crippen LogP contribution is -2.60. The Morgan fingerprint density at radius 2 is 2.11 bits per heavy atom. The van der Waals surface area contributed by atoms with Crippen LogP contribution >= 0.6 is 28.1 Å². The van der Waals surface area contributed by atoms with Crippen molar-refractivity contribution in [1.29, 1.82) is 0 Å². The lowest BCUT2D eigenvalue weighted by Gasteiger charge is -2.36. The van der Waals surface area contributed by atoms with E-state index in [1.807, 2.05) is 13.8 Å². The maximum Gasteiger partial charge on any atom is 0.308 e. The van der Waals surface area contributed by atoms with Gasteiger partial charge < -0.3 is 15.0 Å². The highest BCUT2D eigenvalue weighted by atomic mass is 79.9. The minimum atomic E-state index is -0.814. The highest BCUT2D eigenvalue weighted by Crippen LogP contribution is 2.16. The second-order valence-corrected chi connectivity index (χ2v) is 7.76. The fraction of sp³-hybridized carbons (Fsp3) is 0.444. The summed E-state index contributed by atoms with van der Waals surface area (Å²) in [7, 11) is 0. The van der Waals surface area contributed by atoms with Crippen LogP contribution in [0.3, 0.4) is 0 Å². The Labute approximate surface area is 171 Å². The number of thiocarbonyl (C=S) groups is 1. The summed E-state index contributed by atoms with van der Waals surface area (Å²) in [6.07, 6.45) is -0.135. The molecular weight excluding hydrogens is 434 g/mol. The summed E-state index contributed by atoms with van der Waals surface area (Å²) in [5.41, 5.74) is 0.425. The summed E-state index contributed by atoms with van der Waals surface area (Å²) in [6.45, 7) is 4.92. The predicted molar refractivity (Wildman–Crippen MR) is 108 cm³/mol. The fourth-order valence-electron chi connectivity index (χ4n) is 2.52. The molecule has 1 heterocycles. The fourth-order valence-corrected chi connectivity index (χ4v) is 3.29. The molecule has 2 amide bonds. The molecule has 0 radical (unpaired) electrons. The van der Waals surface area contributed by atoms with Crippen molar-refractivity contribution in [1.82, 2.24) is 15.5 Å². The molecule has 1 unspecified atom stereocenters.